The molecule has 2 fully saturated rings. The zero-order valence-electron chi connectivity index (χ0n) is 24.8. The highest BCUT2D eigenvalue weighted by Gasteiger charge is 2.52. The van der Waals surface area contributed by atoms with E-state index >= 15 is 0 Å². The minimum absolute atomic E-state index is 0.0448. The Kier molecular flexibility index (Phi) is 7.27. The summed E-state index contributed by atoms with van der Waals surface area (Å²) in [6.07, 6.45) is 5.12. The van der Waals surface area contributed by atoms with Gasteiger partial charge in [-0.05, 0) is 92.5 Å². The molecule has 1 aromatic carbocycles. The number of aromatic nitrogens is 5. The van der Waals surface area contributed by atoms with E-state index in [1.54, 1.807) is 30.1 Å². The molecule has 3 aliphatic rings. The number of allylic oxidation sites excluding steroid dienone is 1. The Morgan fingerprint density at radius 3 is 2.52 bits per heavy atom. The second-order valence-corrected chi connectivity index (χ2v) is 14.3. The molecule has 0 amide bonds. The van der Waals surface area contributed by atoms with Crippen LogP contribution >= 0.6 is 0 Å². The number of Topliss-reactive ketones (excluding diaryl/α,β-unsaturated/α-hetero) is 1. The van der Waals surface area contributed by atoms with Gasteiger partial charge in [-0.15, -0.1) is 0 Å². The molecule has 0 aliphatic heterocycles. The fourth-order valence-corrected chi connectivity index (χ4v) is 8.48. The molecule has 14 heteroatoms. The standard InChI is InChI=1S/C32H30F4N6O3S/c1-40-19-27(17-38-40)46(44,45)41(18-20-2-3-20)26-7-4-22-13-29-21(16-39-42(29)25-8-5-24(33)6-9-25)14-31(22,15-26)30(43)28-12-23(10-11-37-28)32(34,35)36/h5-6,8-13,16-17,19-20,26H,2-4,7,14-15,18H2,1H3/t26-,31-/m0/s1. The van der Waals surface area contributed by atoms with Crippen molar-refractivity contribution in [3.05, 3.63) is 95.1 Å². The third-order valence-corrected chi connectivity index (χ3v) is 11.2. The predicted octanol–water partition coefficient (Wildman–Crippen LogP) is 5.62. The molecule has 3 aromatic heterocycles. The van der Waals surface area contributed by atoms with E-state index in [-0.39, 0.29) is 35.9 Å². The third kappa shape index (κ3) is 5.36. The zero-order chi connectivity index (χ0) is 32.4. The molecule has 46 heavy (non-hydrogen) atoms. The number of fused-ring (bicyclic) bond motifs is 2. The molecule has 0 bridgehead atoms. The molecule has 4 aromatic rings. The molecule has 240 valence electrons. The van der Waals surface area contributed by atoms with Gasteiger partial charge in [0.2, 0.25) is 10.0 Å². The number of benzene rings is 1. The Bertz CT molecular complexity index is 1960. The Morgan fingerprint density at radius 1 is 1.09 bits per heavy atom. The van der Waals surface area contributed by atoms with Crippen LogP contribution < -0.4 is 0 Å². The van der Waals surface area contributed by atoms with E-state index in [2.05, 4.69) is 15.2 Å². The number of pyridine rings is 1. The summed E-state index contributed by atoms with van der Waals surface area (Å²) in [7, 11) is -2.38. The molecule has 0 unspecified atom stereocenters. The van der Waals surface area contributed by atoms with E-state index in [1.165, 1.54) is 33.5 Å². The number of hydrogen-bond donors (Lipinski definition) is 0. The number of hydrogen-bond acceptors (Lipinski definition) is 6. The molecular weight excluding hydrogens is 624 g/mol. The summed E-state index contributed by atoms with van der Waals surface area (Å²) < 4.78 is 87.4. The molecule has 7 rings (SSSR count). The quantitative estimate of drug-likeness (QED) is 0.181. The molecule has 3 heterocycles. The van der Waals surface area contributed by atoms with Crippen molar-refractivity contribution in [2.24, 2.45) is 18.4 Å². The van der Waals surface area contributed by atoms with Crippen LogP contribution in [-0.2, 0) is 29.7 Å². The molecule has 0 radical (unpaired) electrons. The summed E-state index contributed by atoms with van der Waals surface area (Å²) >= 11 is 0. The first-order chi connectivity index (χ1) is 21.8. The largest absolute Gasteiger partial charge is 0.416 e. The Hall–Kier alpha value is -4.17. The lowest BCUT2D eigenvalue weighted by Gasteiger charge is -2.46. The van der Waals surface area contributed by atoms with Gasteiger partial charge in [-0.25, -0.2) is 17.5 Å². The number of alkyl halides is 3. The Balaban J connectivity index is 1.33. The molecule has 2 saturated carbocycles. The second-order valence-electron chi connectivity index (χ2n) is 12.4. The van der Waals surface area contributed by atoms with Gasteiger partial charge in [-0.3, -0.25) is 14.5 Å². The topological polar surface area (TPSA) is 103 Å². The minimum atomic E-state index is -4.68. The maximum Gasteiger partial charge on any atom is 0.416 e. The Labute approximate surface area is 262 Å². The summed E-state index contributed by atoms with van der Waals surface area (Å²) in [4.78, 5) is 18.7. The second kappa shape index (κ2) is 11.0. The van der Waals surface area contributed by atoms with Gasteiger partial charge in [0.15, 0.2) is 5.78 Å². The van der Waals surface area contributed by atoms with E-state index in [0.717, 1.165) is 31.2 Å². The van der Waals surface area contributed by atoms with Gasteiger partial charge in [-0.1, -0.05) is 5.57 Å². The van der Waals surface area contributed by atoms with Gasteiger partial charge >= 0.3 is 6.18 Å². The van der Waals surface area contributed by atoms with Crippen LogP contribution in [0.4, 0.5) is 17.6 Å². The van der Waals surface area contributed by atoms with E-state index in [9.17, 15) is 30.8 Å². The summed E-state index contributed by atoms with van der Waals surface area (Å²) in [5, 5.41) is 8.56. The van der Waals surface area contributed by atoms with Gasteiger partial charge < -0.3 is 0 Å². The van der Waals surface area contributed by atoms with Crippen LogP contribution in [0.2, 0.25) is 0 Å². The number of sulfonamides is 1. The van der Waals surface area contributed by atoms with Crippen molar-refractivity contribution < 1.29 is 30.8 Å². The summed E-state index contributed by atoms with van der Waals surface area (Å²) in [6.45, 7) is 0.279. The van der Waals surface area contributed by atoms with Crippen molar-refractivity contribution in [1.82, 2.24) is 28.9 Å². The minimum Gasteiger partial charge on any atom is -0.291 e. The van der Waals surface area contributed by atoms with Gasteiger partial charge in [0.25, 0.3) is 0 Å². The van der Waals surface area contributed by atoms with Crippen molar-refractivity contribution >= 4 is 21.9 Å². The monoisotopic (exact) mass is 654 g/mol. The first-order valence-corrected chi connectivity index (χ1v) is 16.4. The average Bonchev–Trinajstić information content (AvgIpc) is 3.60. The fraction of sp³-hybridized carbons (Fsp3) is 0.375. The highest BCUT2D eigenvalue weighted by atomic mass is 32.2. The molecule has 9 nitrogen and oxygen atoms in total. The van der Waals surface area contributed by atoms with Crippen LogP contribution in [0.15, 0.2) is 71.7 Å². The average molecular weight is 655 g/mol. The van der Waals surface area contributed by atoms with E-state index in [1.807, 2.05) is 6.08 Å². The zero-order valence-corrected chi connectivity index (χ0v) is 25.6. The molecule has 2 atom stereocenters. The number of carbonyl (C=O) groups is 1. The molecule has 0 N–H and O–H groups in total. The van der Waals surface area contributed by atoms with E-state index in [0.29, 0.717) is 35.4 Å². The van der Waals surface area contributed by atoms with Crippen molar-refractivity contribution in [1.29, 1.82) is 0 Å². The molecule has 3 aliphatic carbocycles. The molecule has 0 spiro atoms. The van der Waals surface area contributed by atoms with Crippen molar-refractivity contribution in [2.45, 2.75) is 55.6 Å². The lowest BCUT2D eigenvalue weighted by molar-refractivity contribution is -0.137. The number of nitrogens with zero attached hydrogens (tertiary/aromatic N) is 6. The number of halogens is 4. The van der Waals surface area contributed by atoms with Gasteiger partial charge in [-0.2, -0.15) is 27.7 Å². The van der Waals surface area contributed by atoms with Gasteiger partial charge in [0.1, 0.15) is 16.4 Å². The van der Waals surface area contributed by atoms with Crippen LogP contribution in [0.5, 0.6) is 0 Å². The number of ketones is 1. The molecular formula is C32H30F4N6O3S. The third-order valence-electron chi connectivity index (χ3n) is 9.29. The summed E-state index contributed by atoms with van der Waals surface area (Å²) in [5.41, 5.74) is -0.0684. The van der Waals surface area contributed by atoms with Crippen molar-refractivity contribution in [3.63, 3.8) is 0 Å². The Morgan fingerprint density at radius 2 is 1.85 bits per heavy atom. The maximum atomic E-state index is 14.6. The SMILES string of the molecule is Cn1cc(S(=O)(=O)N(CC2CC2)[C@H]2CCC3=Cc4c(cnn4-c4ccc(F)cc4)C[C@]3(C(=O)c3cc(C(F)(F)F)ccn3)C2)cn1. The predicted molar refractivity (Wildman–Crippen MR) is 159 cm³/mol. The van der Waals surface area contributed by atoms with Crippen LogP contribution in [0.1, 0.15) is 59.4 Å². The normalized spacial score (nSPS) is 21.5. The lowest BCUT2D eigenvalue weighted by atomic mass is 9.60. The summed E-state index contributed by atoms with van der Waals surface area (Å²) in [5.74, 6) is -0.816. The first kappa shape index (κ1) is 30.5. The lowest BCUT2D eigenvalue weighted by Crippen LogP contribution is -2.51. The van der Waals surface area contributed by atoms with Crippen LogP contribution in [0.25, 0.3) is 11.8 Å². The van der Waals surface area contributed by atoms with Crippen LogP contribution in [-0.4, -0.2) is 55.6 Å². The molecule has 0 saturated heterocycles. The van der Waals surface area contributed by atoms with E-state index < -0.39 is 44.8 Å². The van der Waals surface area contributed by atoms with E-state index in [4.69, 9.17) is 0 Å². The van der Waals surface area contributed by atoms with Crippen molar-refractivity contribution in [3.8, 4) is 5.69 Å². The highest BCUT2D eigenvalue weighted by molar-refractivity contribution is 7.89. The van der Waals surface area contributed by atoms with Crippen LogP contribution in [0, 0.1) is 17.2 Å². The summed E-state index contributed by atoms with van der Waals surface area (Å²) in [6, 6.07) is 6.77. The first-order valence-electron chi connectivity index (χ1n) is 15.0. The number of aryl methyl sites for hydroxylation is 1. The van der Waals surface area contributed by atoms with Gasteiger partial charge in [0.05, 0.1) is 34.8 Å². The van der Waals surface area contributed by atoms with Crippen LogP contribution in [0.3, 0.4) is 0 Å². The maximum absolute atomic E-state index is 14.6. The fourth-order valence-electron chi connectivity index (χ4n) is 6.76. The number of carbonyl (C=O) groups excluding carboxylic acids is 1. The number of rotatable bonds is 8. The van der Waals surface area contributed by atoms with Crippen molar-refractivity contribution in [2.75, 3.05) is 6.54 Å². The highest BCUT2D eigenvalue weighted by Crippen LogP contribution is 2.52. The van der Waals surface area contributed by atoms with Gasteiger partial charge in [0, 0.05) is 32.0 Å². The smallest absolute Gasteiger partial charge is 0.291 e.